The van der Waals surface area contributed by atoms with E-state index in [1.807, 2.05) is 0 Å². The largest absolute Gasteiger partial charge is 0.367 e. The van der Waals surface area contributed by atoms with Gasteiger partial charge in [0.15, 0.2) is 0 Å². The Balaban J connectivity index is 3.87. The lowest BCUT2D eigenvalue weighted by atomic mass is 10.3. The number of rotatable bonds is 8. The lowest BCUT2D eigenvalue weighted by Crippen LogP contribution is -2.27. The molecule has 0 aromatic carbocycles. The molecule has 14 heavy (non-hydrogen) atoms. The summed E-state index contributed by atoms with van der Waals surface area (Å²) in [6, 6.07) is 0. The summed E-state index contributed by atoms with van der Waals surface area (Å²) in [5, 5.41) is 1.51. The Morgan fingerprint density at radius 3 is 2.14 bits per heavy atom. The van der Waals surface area contributed by atoms with Crippen molar-refractivity contribution in [1.82, 2.24) is 5.06 Å². The highest BCUT2D eigenvalue weighted by Gasteiger charge is 2.07. The van der Waals surface area contributed by atoms with E-state index in [4.69, 9.17) is 4.84 Å². The molecule has 78 valence electrons. The van der Waals surface area contributed by atoms with Crippen LogP contribution in [0.3, 0.4) is 0 Å². The average molecular weight is 195 g/mol. The molecule has 0 rings (SSSR count). The van der Waals surface area contributed by atoms with Gasteiger partial charge in [-0.2, -0.15) is 0 Å². The van der Waals surface area contributed by atoms with E-state index in [1.165, 1.54) is 5.06 Å². The molecule has 0 radical (unpaired) electrons. The van der Waals surface area contributed by atoms with Gasteiger partial charge in [-0.1, -0.05) is 18.2 Å². The third kappa shape index (κ3) is 6.20. The van der Waals surface area contributed by atoms with Crippen LogP contribution in [0.5, 0.6) is 0 Å². The first kappa shape index (κ1) is 12.7. The minimum Gasteiger partial charge on any atom is -0.367 e. The van der Waals surface area contributed by atoms with Crippen molar-refractivity contribution < 1.29 is 9.63 Å². The molecule has 0 aliphatic heterocycles. The second-order valence-electron chi connectivity index (χ2n) is 2.71. The topological polar surface area (TPSA) is 29.5 Å². The van der Waals surface area contributed by atoms with Crippen molar-refractivity contribution in [2.45, 2.75) is 12.8 Å². The molecular formula is C11H17NO2. The molecule has 0 aromatic rings. The molecule has 0 unspecified atom stereocenters. The summed E-state index contributed by atoms with van der Waals surface area (Å²) in [5.74, 6) is -0.256. The van der Waals surface area contributed by atoms with E-state index in [1.54, 1.807) is 18.2 Å². The van der Waals surface area contributed by atoms with E-state index in [0.29, 0.717) is 25.9 Å². The Morgan fingerprint density at radius 1 is 1.14 bits per heavy atom. The highest BCUT2D eigenvalue weighted by atomic mass is 16.7. The lowest BCUT2D eigenvalue weighted by molar-refractivity contribution is -0.185. The highest BCUT2D eigenvalue weighted by Crippen LogP contribution is 1.98. The van der Waals surface area contributed by atoms with E-state index >= 15 is 0 Å². The van der Waals surface area contributed by atoms with Crippen molar-refractivity contribution in [2.24, 2.45) is 0 Å². The van der Waals surface area contributed by atoms with Gasteiger partial charge in [0.2, 0.25) is 0 Å². The van der Waals surface area contributed by atoms with Crippen LogP contribution in [0.15, 0.2) is 38.0 Å². The van der Waals surface area contributed by atoms with Gasteiger partial charge in [0.05, 0.1) is 19.5 Å². The maximum atomic E-state index is 11.2. The summed E-state index contributed by atoms with van der Waals surface area (Å²) in [6.45, 7) is 11.7. The maximum absolute atomic E-state index is 11.2. The third-order valence-corrected chi connectivity index (χ3v) is 1.45. The van der Waals surface area contributed by atoms with Gasteiger partial charge < -0.3 is 4.84 Å². The number of carbonyl (C=O) groups is 1. The first-order chi connectivity index (χ1) is 6.74. The van der Waals surface area contributed by atoms with Gasteiger partial charge in [0.1, 0.15) is 0 Å². The van der Waals surface area contributed by atoms with Crippen molar-refractivity contribution >= 4 is 5.97 Å². The van der Waals surface area contributed by atoms with Crippen molar-refractivity contribution in [2.75, 3.05) is 13.1 Å². The van der Waals surface area contributed by atoms with Crippen LogP contribution in [0.4, 0.5) is 0 Å². The highest BCUT2D eigenvalue weighted by molar-refractivity contribution is 5.69. The smallest absolute Gasteiger partial charge is 0.325 e. The molecule has 0 heterocycles. The fourth-order valence-corrected chi connectivity index (χ4v) is 0.847. The molecule has 0 aliphatic rings. The zero-order chi connectivity index (χ0) is 10.8. The Morgan fingerprint density at radius 2 is 1.71 bits per heavy atom. The average Bonchev–Trinajstić information content (AvgIpc) is 2.15. The van der Waals surface area contributed by atoms with Crippen LogP contribution in [-0.4, -0.2) is 24.1 Å². The normalized spacial score (nSPS) is 9.50. The fraction of sp³-hybridized carbons (Fsp3) is 0.364. The molecule has 0 fully saturated rings. The van der Waals surface area contributed by atoms with Crippen LogP contribution in [0.25, 0.3) is 0 Å². The quantitative estimate of drug-likeness (QED) is 0.438. The summed E-state index contributed by atoms with van der Waals surface area (Å²) in [4.78, 5) is 16.2. The Kier molecular flexibility index (Phi) is 7.46. The number of allylic oxidation sites excluding steroid dienone is 1. The van der Waals surface area contributed by atoms with Crippen LogP contribution in [0.1, 0.15) is 12.8 Å². The monoisotopic (exact) mass is 195 g/mol. The van der Waals surface area contributed by atoms with Gasteiger partial charge in [-0.05, 0) is 6.42 Å². The summed E-state index contributed by atoms with van der Waals surface area (Å²) in [7, 11) is 0. The third-order valence-electron chi connectivity index (χ3n) is 1.45. The van der Waals surface area contributed by atoms with Gasteiger partial charge in [0, 0.05) is 0 Å². The molecule has 0 spiro atoms. The number of hydroxylamine groups is 2. The molecule has 3 nitrogen and oxygen atoms in total. The lowest BCUT2D eigenvalue weighted by Gasteiger charge is -2.17. The second-order valence-corrected chi connectivity index (χ2v) is 2.71. The molecule has 0 saturated carbocycles. The minimum atomic E-state index is -0.256. The van der Waals surface area contributed by atoms with Gasteiger partial charge in [-0.25, -0.2) is 0 Å². The summed E-state index contributed by atoms with van der Waals surface area (Å²) in [5.41, 5.74) is 0. The van der Waals surface area contributed by atoms with Gasteiger partial charge in [0.25, 0.3) is 0 Å². The van der Waals surface area contributed by atoms with Crippen LogP contribution in [0, 0.1) is 0 Å². The molecule has 0 aliphatic carbocycles. The fourth-order valence-electron chi connectivity index (χ4n) is 0.847. The predicted octanol–water partition coefficient (Wildman–Crippen LogP) is 2.08. The predicted molar refractivity (Wildman–Crippen MR) is 57.5 cm³/mol. The zero-order valence-corrected chi connectivity index (χ0v) is 8.45. The molecular weight excluding hydrogens is 178 g/mol. The van der Waals surface area contributed by atoms with Gasteiger partial charge in [-0.3, -0.25) is 4.79 Å². The number of hydrogen-bond donors (Lipinski definition) is 0. The van der Waals surface area contributed by atoms with E-state index < -0.39 is 0 Å². The van der Waals surface area contributed by atoms with E-state index in [2.05, 4.69) is 19.7 Å². The van der Waals surface area contributed by atoms with Crippen molar-refractivity contribution in [1.29, 1.82) is 0 Å². The first-order valence-electron chi connectivity index (χ1n) is 4.53. The van der Waals surface area contributed by atoms with Crippen LogP contribution in [-0.2, 0) is 9.63 Å². The standard InChI is InChI=1S/C11H17NO2/c1-4-7-8-11(13)14-12(9-5-2)10-6-3/h4-6H,1-3,7-10H2. The summed E-state index contributed by atoms with van der Waals surface area (Å²) < 4.78 is 0. The van der Waals surface area contributed by atoms with Crippen molar-refractivity contribution in [3.63, 3.8) is 0 Å². The molecule has 0 bridgehead atoms. The van der Waals surface area contributed by atoms with Gasteiger partial charge >= 0.3 is 5.97 Å². The number of hydrogen-bond acceptors (Lipinski definition) is 3. The molecule has 0 N–H and O–H groups in total. The van der Waals surface area contributed by atoms with Crippen molar-refractivity contribution in [3.05, 3.63) is 38.0 Å². The molecule has 0 aromatic heterocycles. The Hall–Kier alpha value is -1.35. The van der Waals surface area contributed by atoms with E-state index in [0.717, 1.165) is 0 Å². The van der Waals surface area contributed by atoms with E-state index in [9.17, 15) is 4.79 Å². The number of nitrogens with zero attached hydrogens (tertiary/aromatic N) is 1. The minimum absolute atomic E-state index is 0.256. The van der Waals surface area contributed by atoms with Crippen LogP contribution >= 0.6 is 0 Å². The summed E-state index contributed by atoms with van der Waals surface area (Å²) in [6.07, 6.45) is 6.02. The van der Waals surface area contributed by atoms with Crippen LogP contribution < -0.4 is 0 Å². The Labute approximate surface area is 85.3 Å². The van der Waals surface area contributed by atoms with E-state index in [-0.39, 0.29) is 5.97 Å². The molecule has 0 amide bonds. The summed E-state index contributed by atoms with van der Waals surface area (Å²) >= 11 is 0. The zero-order valence-electron chi connectivity index (χ0n) is 8.45. The maximum Gasteiger partial charge on any atom is 0.325 e. The second kappa shape index (κ2) is 8.26. The molecule has 0 atom stereocenters. The first-order valence-corrected chi connectivity index (χ1v) is 4.53. The Bertz CT molecular complexity index is 201. The number of carbonyl (C=O) groups excluding carboxylic acids is 1. The van der Waals surface area contributed by atoms with Gasteiger partial charge in [-0.15, -0.1) is 24.8 Å². The molecule has 3 heteroatoms. The SMILES string of the molecule is C=CCCC(=O)ON(CC=C)CC=C. The molecule has 0 saturated heterocycles. The van der Waals surface area contributed by atoms with Crippen LogP contribution in [0.2, 0.25) is 0 Å². The van der Waals surface area contributed by atoms with Crippen molar-refractivity contribution in [3.8, 4) is 0 Å².